The SMILES string of the molecule is CCCCCCc1ccc(C=NN=Cc2ccc(C3CCC(C)CC3)cc2)cc1. The second-order valence-corrected chi connectivity index (χ2v) is 8.66. The highest BCUT2D eigenvalue weighted by Gasteiger charge is 2.19. The average molecular weight is 389 g/mol. The number of nitrogens with zero attached hydrogens (tertiary/aromatic N) is 2. The number of hydrogen-bond donors (Lipinski definition) is 0. The Bertz CT molecular complexity index is 763. The lowest BCUT2D eigenvalue weighted by molar-refractivity contribution is 0.348. The molecule has 2 aromatic rings. The van der Waals surface area contributed by atoms with E-state index in [4.69, 9.17) is 0 Å². The summed E-state index contributed by atoms with van der Waals surface area (Å²) >= 11 is 0. The average Bonchev–Trinajstić information content (AvgIpc) is 2.76. The largest absolute Gasteiger partial charge is 0.159 e. The maximum absolute atomic E-state index is 4.23. The van der Waals surface area contributed by atoms with Crippen LogP contribution in [0, 0.1) is 5.92 Å². The fourth-order valence-electron chi connectivity index (χ4n) is 4.17. The molecular weight excluding hydrogens is 352 g/mol. The van der Waals surface area contributed by atoms with E-state index in [1.54, 1.807) is 0 Å². The number of benzene rings is 2. The molecule has 1 aliphatic carbocycles. The minimum atomic E-state index is 0.741. The van der Waals surface area contributed by atoms with Crippen LogP contribution in [0.1, 0.15) is 93.4 Å². The van der Waals surface area contributed by atoms with Gasteiger partial charge in [-0.3, -0.25) is 0 Å². The first-order chi connectivity index (χ1) is 14.2. The highest BCUT2D eigenvalue weighted by atomic mass is 15.2. The summed E-state index contributed by atoms with van der Waals surface area (Å²) in [5.74, 6) is 1.64. The zero-order valence-corrected chi connectivity index (χ0v) is 18.2. The first-order valence-electron chi connectivity index (χ1n) is 11.5. The fraction of sp³-hybridized carbons (Fsp3) is 0.481. The van der Waals surface area contributed by atoms with Gasteiger partial charge >= 0.3 is 0 Å². The summed E-state index contributed by atoms with van der Waals surface area (Å²) < 4.78 is 0. The van der Waals surface area contributed by atoms with Crippen LogP contribution in [-0.4, -0.2) is 12.4 Å². The van der Waals surface area contributed by atoms with Crippen LogP contribution in [0.25, 0.3) is 0 Å². The van der Waals surface area contributed by atoms with Gasteiger partial charge in [-0.1, -0.05) is 94.5 Å². The van der Waals surface area contributed by atoms with E-state index < -0.39 is 0 Å². The van der Waals surface area contributed by atoms with Crippen molar-refractivity contribution in [3.8, 4) is 0 Å². The summed E-state index contributed by atoms with van der Waals surface area (Å²) in [6, 6.07) is 17.6. The molecule has 0 radical (unpaired) electrons. The summed E-state index contributed by atoms with van der Waals surface area (Å²) in [6.07, 6.45) is 15.5. The van der Waals surface area contributed by atoms with Gasteiger partial charge in [0.1, 0.15) is 0 Å². The van der Waals surface area contributed by atoms with Crippen molar-refractivity contribution in [2.24, 2.45) is 16.1 Å². The Morgan fingerprint density at radius 2 is 1.34 bits per heavy atom. The molecule has 0 unspecified atom stereocenters. The Kier molecular flexibility index (Phi) is 8.67. The van der Waals surface area contributed by atoms with Gasteiger partial charge in [0.2, 0.25) is 0 Å². The smallest absolute Gasteiger partial charge is 0.0568 e. The summed E-state index contributed by atoms with van der Waals surface area (Å²) in [4.78, 5) is 0. The van der Waals surface area contributed by atoms with Gasteiger partial charge in [0.25, 0.3) is 0 Å². The van der Waals surface area contributed by atoms with E-state index in [0.29, 0.717) is 0 Å². The minimum absolute atomic E-state index is 0.741. The van der Waals surface area contributed by atoms with Gasteiger partial charge in [-0.05, 0) is 59.8 Å². The van der Waals surface area contributed by atoms with E-state index in [1.807, 2.05) is 12.4 Å². The molecule has 0 N–H and O–H groups in total. The fourth-order valence-corrected chi connectivity index (χ4v) is 4.17. The molecule has 1 aliphatic rings. The molecule has 0 heterocycles. The molecule has 0 saturated heterocycles. The second kappa shape index (κ2) is 11.7. The van der Waals surface area contributed by atoms with Crippen LogP contribution in [0.5, 0.6) is 0 Å². The predicted molar refractivity (Wildman–Crippen MR) is 126 cm³/mol. The number of aryl methyl sites for hydroxylation is 1. The van der Waals surface area contributed by atoms with Gasteiger partial charge in [0.15, 0.2) is 0 Å². The Morgan fingerprint density at radius 3 is 1.93 bits per heavy atom. The van der Waals surface area contributed by atoms with Crippen LogP contribution in [0.3, 0.4) is 0 Å². The molecule has 2 nitrogen and oxygen atoms in total. The predicted octanol–water partition coefficient (Wildman–Crippen LogP) is 7.56. The Morgan fingerprint density at radius 1 is 0.759 bits per heavy atom. The van der Waals surface area contributed by atoms with Crippen LogP contribution in [0.2, 0.25) is 0 Å². The molecule has 3 rings (SSSR count). The maximum atomic E-state index is 4.23. The molecule has 154 valence electrons. The Hall–Kier alpha value is -2.22. The van der Waals surface area contributed by atoms with Crippen molar-refractivity contribution in [2.45, 2.75) is 77.6 Å². The van der Waals surface area contributed by atoms with Crippen molar-refractivity contribution in [2.75, 3.05) is 0 Å². The summed E-state index contributed by atoms with van der Waals surface area (Å²) in [5.41, 5.74) is 5.10. The van der Waals surface area contributed by atoms with Crippen molar-refractivity contribution in [3.05, 3.63) is 70.8 Å². The van der Waals surface area contributed by atoms with Crippen molar-refractivity contribution < 1.29 is 0 Å². The van der Waals surface area contributed by atoms with Gasteiger partial charge in [0.05, 0.1) is 12.4 Å². The lowest BCUT2D eigenvalue weighted by Crippen LogP contribution is -2.10. The molecule has 0 aliphatic heterocycles. The highest BCUT2D eigenvalue weighted by molar-refractivity contribution is 5.82. The monoisotopic (exact) mass is 388 g/mol. The van der Waals surface area contributed by atoms with Gasteiger partial charge in [-0.15, -0.1) is 0 Å². The summed E-state index contributed by atoms with van der Waals surface area (Å²) in [7, 11) is 0. The van der Waals surface area contributed by atoms with Gasteiger partial charge < -0.3 is 0 Å². The summed E-state index contributed by atoms with van der Waals surface area (Å²) in [6.45, 7) is 4.63. The summed E-state index contributed by atoms with van der Waals surface area (Å²) in [5, 5.41) is 8.44. The third-order valence-electron chi connectivity index (χ3n) is 6.20. The molecule has 0 spiro atoms. The molecular formula is C27H36N2. The van der Waals surface area contributed by atoms with E-state index in [9.17, 15) is 0 Å². The van der Waals surface area contributed by atoms with Crippen molar-refractivity contribution >= 4 is 12.4 Å². The van der Waals surface area contributed by atoms with Crippen molar-refractivity contribution in [1.29, 1.82) is 0 Å². The van der Waals surface area contributed by atoms with E-state index in [1.165, 1.54) is 68.9 Å². The third-order valence-corrected chi connectivity index (χ3v) is 6.20. The van der Waals surface area contributed by atoms with Crippen LogP contribution in [0.4, 0.5) is 0 Å². The zero-order chi connectivity index (χ0) is 20.3. The molecule has 29 heavy (non-hydrogen) atoms. The van der Waals surface area contributed by atoms with Crippen LogP contribution in [0.15, 0.2) is 58.7 Å². The normalized spacial score (nSPS) is 19.9. The third kappa shape index (κ3) is 7.27. The molecule has 0 aromatic heterocycles. The Balaban J connectivity index is 1.46. The van der Waals surface area contributed by atoms with Crippen LogP contribution in [-0.2, 0) is 6.42 Å². The van der Waals surface area contributed by atoms with Gasteiger partial charge in [-0.2, -0.15) is 10.2 Å². The van der Waals surface area contributed by atoms with E-state index in [-0.39, 0.29) is 0 Å². The highest BCUT2D eigenvalue weighted by Crippen LogP contribution is 2.35. The van der Waals surface area contributed by atoms with Crippen LogP contribution < -0.4 is 0 Å². The second-order valence-electron chi connectivity index (χ2n) is 8.66. The minimum Gasteiger partial charge on any atom is -0.159 e. The zero-order valence-electron chi connectivity index (χ0n) is 18.2. The van der Waals surface area contributed by atoms with Gasteiger partial charge in [-0.25, -0.2) is 0 Å². The Labute approximate surface area is 177 Å². The van der Waals surface area contributed by atoms with Gasteiger partial charge in [0, 0.05) is 0 Å². The molecule has 0 amide bonds. The standard InChI is InChI=1S/C27H36N2/c1-3-4-5-6-7-23-10-12-24(13-11-23)20-28-29-21-25-14-18-27(19-15-25)26-16-8-22(2)9-17-26/h10-15,18-22,26H,3-9,16-17H2,1-2H3. The molecule has 1 saturated carbocycles. The van der Waals surface area contributed by atoms with Crippen molar-refractivity contribution in [1.82, 2.24) is 0 Å². The molecule has 0 atom stereocenters. The first kappa shape index (κ1) is 21.5. The molecule has 0 bridgehead atoms. The quantitative estimate of drug-likeness (QED) is 0.240. The molecule has 2 aromatic carbocycles. The van der Waals surface area contributed by atoms with Crippen LogP contribution >= 0.6 is 0 Å². The van der Waals surface area contributed by atoms with E-state index in [2.05, 4.69) is 72.6 Å². The number of hydrogen-bond acceptors (Lipinski definition) is 2. The lowest BCUT2D eigenvalue weighted by Gasteiger charge is -2.26. The number of unbranched alkanes of at least 4 members (excludes halogenated alkanes) is 3. The first-order valence-corrected chi connectivity index (χ1v) is 11.5. The molecule has 2 heteroatoms. The topological polar surface area (TPSA) is 24.7 Å². The lowest BCUT2D eigenvalue weighted by atomic mass is 9.79. The maximum Gasteiger partial charge on any atom is 0.0568 e. The van der Waals surface area contributed by atoms with E-state index in [0.717, 1.165) is 23.0 Å². The number of rotatable bonds is 9. The molecule has 1 fully saturated rings. The van der Waals surface area contributed by atoms with Crippen molar-refractivity contribution in [3.63, 3.8) is 0 Å². The van der Waals surface area contributed by atoms with E-state index >= 15 is 0 Å².